The highest BCUT2D eigenvalue weighted by Gasteiger charge is 2.27. The monoisotopic (exact) mass is 374 g/mol. The fourth-order valence-electron chi connectivity index (χ4n) is 3.97. The van der Waals surface area contributed by atoms with Crippen molar-refractivity contribution >= 4 is 17.3 Å². The predicted molar refractivity (Wildman–Crippen MR) is 113 cm³/mol. The largest absolute Gasteiger partial charge is 0.375 e. The van der Waals surface area contributed by atoms with Crippen LogP contribution in [0.25, 0.3) is 5.69 Å². The number of para-hydroxylation sites is 1. The zero-order valence-corrected chi connectivity index (χ0v) is 16.9. The molecule has 1 aromatic heterocycles. The maximum Gasteiger partial charge on any atom is 0.223 e. The average molecular weight is 374 g/mol. The normalized spacial score (nSPS) is 16.0. The Hall–Kier alpha value is -3.08. The molecule has 0 aliphatic carbocycles. The van der Waals surface area contributed by atoms with Gasteiger partial charge in [-0.05, 0) is 56.0 Å². The first-order valence-corrected chi connectivity index (χ1v) is 9.71. The van der Waals surface area contributed by atoms with E-state index in [1.807, 2.05) is 34.0 Å². The summed E-state index contributed by atoms with van der Waals surface area (Å²) >= 11 is 0. The molecule has 1 aliphatic rings. The minimum Gasteiger partial charge on any atom is -0.375 e. The van der Waals surface area contributed by atoms with Crippen molar-refractivity contribution in [3.05, 3.63) is 71.0 Å². The zero-order valence-electron chi connectivity index (χ0n) is 16.9. The van der Waals surface area contributed by atoms with E-state index in [0.717, 1.165) is 34.7 Å². The summed E-state index contributed by atoms with van der Waals surface area (Å²) < 4.78 is 2.00. The summed E-state index contributed by atoms with van der Waals surface area (Å²) in [5.41, 5.74) is 7.79. The third-order valence-electron chi connectivity index (χ3n) is 5.56. The van der Waals surface area contributed by atoms with Crippen molar-refractivity contribution in [3.63, 3.8) is 0 Å². The van der Waals surface area contributed by atoms with Crippen molar-refractivity contribution in [3.8, 4) is 5.69 Å². The number of benzene rings is 2. The number of nitrogens with zero attached hydrogens (tertiary/aromatic N) is 3. The van der Waals surface area contributed by atoms with Crippen LogP contribution in [0.1, 0.15) is 41.8 Å². The van der Waals surface area contributed by atoms with Crippen LogP contribution in [0.15, 0.2) is 48.7 Å². The molecule has 1 N–H and O–H groups in total. The molecule has 5 nitrogen and oxygen atoms in total. The molecule has 0 saturated carbocycles. The summed E-state index contributed by atoms with van der Waals surface area (Å²) in [7, 11) is 0. The molecule has 0 radical (unpaired) electrons. The third kappa shape index (κ3) is 3.17. The van der Waals surface area contributed by atoms with Crippen molar-refractivity contribution in [2.24, 2.45) is 0 Å². The maximum absolute atomic E-state index is 12.0. The molecule has 1 unspecified atom stereocenters. The minimum atomic E-state index is 0.0878. The molecule has 4 rings (SSSR count). The van der Waals surface area contributed by atoms with Crippen molar-refractivity contribution in [1.29, 1.82) is 0 Å². The Morgan fingerprint density at radius 3 is 2.68 bits per heavy atom. The number of carbonyl (C=O) groups excluding carboxylic acids is 1. The van der Waals surface area contributed by atoms with Gasteiger partial charge in [-0.3, -0.25) is 4.79 Å². The highest BCUT2D eigenvalue weighted by Crippen LogP contribution is 2.36. The second-order valence-electron chi connectivity index (χ2n) is 7.56. The average Bonchev–Trinajstić information content (AvgIpc) is 3.04. The number of anilines is 2. The molecule has 144 valence electrons. The Bertz CT molecular complexity index is 1040. The lowest BCUT2D eigenvalue weighted by Gasteiger charge is -2.34. The zero-order chi connectivity index (χ0) is 19.8. The summed E-state index contributed by atoms with van der Waals surface area (Å²) in [6.45, 7) is 8.64. The van der Waals surface area contributed by atoms with E-state index in [1.54, 1.807) is 6.92 Å². The second kappa shape index (κ2) is 7.15. The molecular formula is C23H26N4O. The number of rotatable bonds is 3. The van der Waals surface area contributed by atoms with Gasteiger partial charge in [-0.25, -0.2) is 4.68 Å². The van der Waals surface area contributed by atoms with Gasteiger partial charge in [0.25, 0.3) is 0 Å². The van der Waals surface area contributed by atoms with Crippen molar-refractivity contribution in [2.75, 3.05) is 16.8 Å². The van der Waals surface area contributed by atoms with E-state index in [9.17, 15) is 4.79 Å². The Kier molecular flexibility index (Phi) is 4.67. The van der Waals surface area contributed by atoms with Crippen LogP contribution in [-0.2, 0) is 4.79 Å². The molecule has 1 amide bonds. The van der Waals surface area contributed by atoms with Gasteiger partial charge in [-0.1, -0.05) is 30.3 Å². The van der Waals surface area contributed by atoms with E-state index >= 15 is 0 Å². The number of hydrogen-bond acceptors (Lipinski definition) is 3. The number of aromatic nitrogens is 2. The van der Waals surface area contributed by atoms with E-state index in [4.69, 9.17) is 0 Å². The number of amides is 1. The molecule has 2 aromatic carbocycles. The minimum absolute atomic E-state index is 0.0878. The first-order valence-electron chi connectivity index (χ1n) is 9.71. The van der Waals surface area contributed by atoms with Gasteiger partial charge in [0.05, 0.1) is 29.3 Å². The fourth-order valence-corrected chi connectivity index (χ4v) is 3.97. The quantitative estimate of drug-likeness (QED) is 0.722. The van der Waals surface area contributed by atoms with Gasteiger partial charge < -0.3 is 10.2 Å². The number of carbonyl (C=O) groups is 1. The van der Waals surface area contributed by atoms with Crippen molar-refractivity contribution < 1.29 is 4.79 Å². The van der Waals surface area contributed by atoms with Crippen LogP contribution >= 0.6 is 0 Å². The van der Waals surface area contributed by atoms with Crippen LogP contribution in [-0.4, -0.2) is 22.2 Å². The van der Waals surface area contributed by atoms with E-state index in [1.165, 1.54) is 11.1 Å². The SMILES string of the molecule is CC(=O)N1CCC(Nc2cnn(-c3cc(C)ccc3C)c2C)c2ccccc21. The fraction of sp³-hybridized carbons (Fsp3) is 0.304. The topological polar surface area (TPSA) is 50.2 Å². The number of aryl methyl sites for hydroxylation is 2. The van der Waals surface area contributed by atoms with E-state index in [0.29, 0.717) is 6.54 Å². The Labute approximate surface area is 166 Å². The van der Waals surface area contributed by atoms with Gasteiger partial charge in [0.1, 0.15) is 0 Å². The lowest BCUT2D eigenvalue weighted by atomic mass is 9.96. The Balaban J connectivity index is 1.66. The molecule has 0 bridgehead atoms. The lowest BCUT2D eigenvalue weighted by Crippen LogP contribution is -2.36. The number of fused-ring (bicyclic) bond motifs is 1. The van der Waals surface area contributed by atoms with Crippen molar-refractivity contribution in [1.82, 2.24) is 9.78 Å². The van der Waals surface area contributed by atoms with Crippen molar-refractivity contribution in [2.45, 2.75) is 40.2 Å². The summed E-state index contributed by atoms with van der Waals surface area (Å²) in [6, 6.07) is 14.7. The van der Waals surface area contributed by atoms with Gasteiger partial charge in [0.2, 0.25) is 5.91 Å². The standard InChI is InChI=1S/C23H26N4O/c1-15-9-10-16(2)23(13-15)27-17(3)21(14-24-27)25-20-11-12-26(18(4)28)22-8-6-5-7-19(20)22/h5-10,13-14,20,25H,11-12H2,1-4H3. The Morgan fingerprint density at radius 1 is 1.11 bits per heavy atom. The molecule has 5 heteroatoms. The molecule has 1 atom stereocenters. The highest BCUT2D eigenvalue weighted by atomic mass is 16.2. The highest BCUT2D eigenvalue weighted by molar-refractivity contribution is 5.93. The predicted octanol–water partition coefficient (Wildman–Crippen LogP) is 4.71. The molecule has 0 fully saturated rings. The molecule has 28 heavy (non-hydrogen) atoms. The maximum atomic E-state index is 12.0. The van der Waals surface area contributed by atoms with Gasteiger partial charge in [0, 0.05) is 19.2 Å². The van der Waals surface area contributed by atoms with E-state index < -0.39 is 0 Å². The first kappa shape index (κ1) is 18.3. The van der Waals surface area contributed by atoms with Gasteiger partial charge in [0.15, 0.2) is 0 Å². The summed E-state index contributed by atoms with van der Waals surface area (Å²) in [5, 5.41) is 8.31. The summed E-state index contributed by atoms with van der Waals surface area (Å²) in [5.74, 6) is 0.0878. The van der Waals surface area contributed by atoms with Crippen LogP contribution in [0.4, 0.5) is 11.4 Å². The van der Waals surface area contributed by atoms with Crippen LogP contribution in [0, 0.1) is 20.8 Å². The lowest BCUT2D eigenvalue weighted by molar-refractivity contribution is -0.116. The van der Waals surface area contributed by atoms with Crippen LogP contribution in [0.2, 0.25) is 0 Å². The van der Waals surface area contributed by atoms with E-state index in [-0.39, 0.29) is 11.9 Å². The Morgan fingerprint density at radius 2 is 1.89 bits per heavy atom. The molecular weight excluding hydrogens is 348 g/mol. The van der Waals surface area contributed by atoms with Crippen LogP contribution < -0.4 is 10.2 Å². The first-order chi connectivity index (χ1) is 13.5. The molecule has 2 heterocycles. The van der Waals surface area contributed by atoms with Gasteiger partial charge in [-0.2, -0.15) is 5.10 Å². The van der Waals surface area contributed by atoms with Gasteiger partial charge >= 0.3 is 0 Å². The smallest absolute Gasteiger partial charge is 0.223 e. The molecule has 3 aromatic rings. The number of nitrogens with one attached hydrogen (secondary N) is 1. The van der Waals surface area contributed by atoms with Crippen LogP contribution in [0.5, 0.6) is 0 Å². The summed E-state index contributed by atoms with van der Waals surface area (Å²) in [4.78, 5) is 13.9. The molecule has 1 aliphatic heterocycles. The third-order valence-corrected chi connectivity index (χ3v) is 5.56. The van der Waals surface area contributed by atoms with E-state index in [2.05, 4.69) is 55.5 Å². The summed E-state index contributed by atoms with van der Waals surface area (Å²) in [6.07, 6.45) is 2.77. The van der Waals surface area contributed by atoms with Crippen LogP contribution in [0.3, 0.4) is 0 Å². The second-order valence-corrected chi connectivity index (χ2v) is 7.56. The van der Waals surface area contributed by atoms with Gasteiger partial charge in [-0.15, -0.1) is 0 Å². The molecule has 0 spiro atoms. The number of hydrogen-bond donors (Lipinski definition) is 1. The molecule has 0 saturated heterocycles.